The van der Waals surface area contributed by atoms with Gasteiger partial charge in [-0.2, -0.15) is 0 Å². The highest BCUT2D eigenvalue weighted by atomic mass is 32.2. The van der Waals surface area contributed by atoms with Crippen LogP contribution in [0.1, 0.15) is 65.2 Å². The topological polar surface area (TPSA) is 49.4 Å². The van der Waals surface area contributed by atoms with Crippen LogP contribution in [0.4, 0.5) is 11.4 Å². The van der Waals surface area contributed by atoms with E-state index >= 15 is 0 Å². The summed E-state index contributed by atoms with van der Waals surface area (Å²) < 4.78 is 0. The van der Waals surface area contributed by atoms with E-state index in [2.05, 4.69) is 44.3 Å². The molecule has 0 radical (unpaired) electrons. The van der Waals surface area contributed by atoms with Crippen molar-refractivity contribution in [3.63, 3.8) is 0 Å². The molecule has 0 spiro atoms. The van der Waals surface area contributed by atoms with Gasteiger partial charge in [0.05, 0.1) is 5.75 Å². The summed E-state index contributed by atoms with van der Waals surface area (Å²) in [6.07, 6.45) is 3.42. The average Bonchev–Trinajstić information content (AvgIpc) is 3.45. The molecular formula is C29H30N2O2S. The van der Waals surface area contributed by atoms with Crippen LogP contribution in [-0.2, 0) is 23.1 Å². The third-order valence-electron chi connectivity index (χ3n) is 6.69. The van der Waals surface area contributed by atoms with E-state index < -0.39 is 0 Å². The van der Waals surface area contributed by atoms with Gasteiger partial charge in [0, 0.05) is 16.9 Å². The molecule has 1 atom stereocenters. The molecule has 1 fully saturated rings. The Bertz CT molecular complexity index is 1230. The third kappa shape index (κ3) is 4.49. The van der Waals surface area contributed by atoms with Crippen LogP contribution in [0.2, 0.25) is 0 Å². The predicted octanol–water partition coefficient (Wildman–Crippen LogP) is 6.50. The molecule has 174 valence electrons. The number of carbonyl (C=O) groups is 2. The maximum Gasteiger partial charge on any atom is 0.255 e. The van der Waals surface area contributed by atoms with Crippen LogP contribution in [0, 0.1) is 0 Å². The summed E-state index contributed by atoms with van der Waals surface area (Å²) in [6, 6.07) is 22.1. The fourth-order valence-electron chi connectivity index (χ4n) is 4.71. The van der Waals surface area contributed by atoms with Gasteiger partial charge in [0.2, 0.25) is 5.91 Å². The van der Waals surface area contributed by atoms with E-state index in [4.69, 9.17) is 0 Å². The standard InChI is InChI=1S/C29H30N2O2S/c1-29(2,3)23-12-7-20(8-13-23)27(33)30-24-14-9-21(10-15-24)28-31(26(32)18-34-28)25-16-11-19-5-4-6-22(19)17-25/h7-17,28H,4-6,18H2,1-3H3,(H,30,33)/t28-/m0/s1. The van der Waals surface area contributed by atoms with Crippen molar-refractivity contribution >= 4 is 35.0 Å². The van der Waals surface area contributed by atoms with Crippen molar-refractivity contribution in [1.82, 2.24) is 0 Å². The van der Waals surface area contributed by atoms with Crippen LogP contribution >= 0.6 is 11.8 Å². The van der Waals surface area contributed by atoms with Gasteiger partial charge in [0.25, 0.3) is 5.91 Å². The molecule has 1 aliphatic carbocycles. The summed E-state index contributed by atoms with van der Waals surface area (Å²) in [5.74, 6) is 0.493. The maximum atomic E-state index is 12.8. The van der Waals surface area contributed by atoms with Crippen molar-refractivity contribution in [3.05, 3.63) is 94.5 Å². The summed E-state index contributed by atoms with van der Waals surface area (Å²) in [7, 11) is 0. The number of aryl methyl sites for hydroxylation is 2. The molecule has 5 rings (SSSR count). The van der Waals surface area contributed by atoms with Gasteiger partial charge in [-0.05, 0) is 83.3 Å². The molecule has 2 amide bonds. The summed E-state index contributed by atoms with van der Waals surface area (Å²) in [5.41, 5.74) is 7.45. The molecule has 1 heterocycles. The first kappa shape index (κ1) is 22.7. The minimum Gasteiger partial charge on any atom is -0.322 e. The van der Waals surface area contributed by atoms with Crippen LogP contribution in [0.15, 0.2) is 66.7 Å². The number of fused-ring (bicyclic) bond motifs is 1. The second-order valence-corrected chi connectivity index (χ2v) is 11.2. The summed E-state index contributed by atoms with van der Waals surface area (Å²) in [5, 5.41) is 2.93. The van der Waals surface area contributed by atoms with Gasteiger partial charge in [-0.25, -0.2) is 0 Å². The molecule has 5 heteroatoms. The smallest absolute Gasteiger partial charge is 0.255 e. The first-order valence-corrected chi connectivity index (χ1v) is 12.9. The van der Waals surface area contributed by atoms with E-state index in [0.717, 1.165) is 29.8 Å². The molecule has 1 N–H and O–H groups in total. The van der Waals surface area contributed by atoms with E-state index in [-0.39, 0.29) is 22.6 Å². The number of nitrogens with one attached hydrogen (secondary N) is 1. The lowest BCUT2D eigenvalue weighted by molar-refractivity contribution is -0.115. The van der Waals surface area contributed by atoms with Gasteiger partial charge >= 0.3 is 0 Å². The molecule has 34 heavy (non-hydrogen) atoms. The second-order valence-electron chi connectivity index (χ2n) is 10.1. The molecule has 3 aromatic rings. The number of amides is 2. The zero-order valence-electron chi connectivity index (χ0n) is 19.9. The molecular weight excluding hydrogens is 440 g/mol. The van der Waals surface area contributed by atoms with Crippen molar-refractivity contribution in [2.75, 3.05) is 16.0 Å². The largest absolute Gasteiger partial charge is 0.322 e. The number of rotatable bonds is 4. The van der Waals surface area contributed by atoms with Crippen molar-refractivity contribution in [3.8, 4) is 0 Å². The third-order valence-corrected chi connectivity index (χ3v) is 7.91. The molecule has 0 bridgehead atoms. The second kappa shape index (κ2) is 8.95. The van der Waals surface area contributed by atoms with E-state index in [1.54, 1.807) is 11.8 Å². The molecule has 0 unspecified atom stereocenters. The van der Waals surface area contributed by atoms with Gasteiger partial charge in [0.15, 0.2) is 0 Å². The maximum absolute atomic E-state index is 12.8. The number of benzene rings is 3. The highest BCUT2D eigenvalue weighted by Crippen LogP contribution is 2.43. The van der Waals surface area contributed by atoms with Gasteiger partial charge in [0.1, 0.15) is 5.37 Å². The number of hydrogen-bond donors (Lipinski definition) is 1. The Morgan fingerprint density at radius 1 is 0.941 bits per heavy atom. The zero-order chi connectivity index (χ0) is 23.9. The van der Waals surface area contributed by atoms with Crippen molar-refractivity contribution in [2.24, 2.45) is 0 Å². The van der Waals surface area contributed by atoms with Crippen molar-refractivity contribution < 1.29 is 9.59 Å². The highest BCUT2D eigenvalue weighted by Gasteiger charge is 2.34. The number of nitrogens with zero attached hydrogens (tertiary/aromatic N) is 1. The molecule has 1 aliphatic heterocycles. The van der Waals surface area contributed by atoms with Gasteiger partial charge < -0.3 is 5.32 Å². The molecule has 2 aliphatic rings. The van der Waals surface area contributed by atoms with Crippen LogP contribution in [0.3, 0.4) is 0 Å². The molecule has 0 saturated carbocycles. The quantitative estimate of drug-likeness (QED) is 0.473. The van der Waals surface area contributed by atoms with Gasteiger partial charge in [-0.15, -0.1) is 11.8 Å². The van der Waals surface area contributed by atoms with Crippen molar-refractivity contribution in [2.45, 2.75) is 50.8 Å². The number of thioether (sulfide) groups is 1. The first-order valence-electron chi connectivity index (χ1n) is 11.9. The SMILES string of the molecule is CC(C)(C)c1ccc(C(=O)Nc2ccc([C@@H]3SCC(=O)N3c3ccc4c(c3)CCC4)cc2)cc1. The Morgan fingerprint density at radius 3 is 2.35 bits per heavy atom. The number of hydrogen-bond acceptors (Lipinski definition) is 3. The minimum absolute atomic E-state index is 0.0537. The number of anilines is 2. The van der Waals surface area contributed by atoms with E-state index in [9.17, 15) is 9.59 Å². The van der Waals surface area contributed by atoms with E-state index in [1.165, 1.54) is 23.1 Å². The monoisotopic (exact) mass is 470 g/mol. The Kier molecular flexibility index (Phi) is 5.98. The lowest BCUT2D eigenvalue weighted by Crippen LogP contribution is -2.27. The molecule has 4 nitrogen and oxygen atoms in total. The van der Waals surface area contributed by atoms with Crippen LogP contribution in [-0.4, -0.2) is 17.6 Å². The van der Waals surface area contributed by atoms with Crippen molar-refractivity contribution in [1.29, 1.82) is 0 Å². The fraction of sp³-hybridized carbons (Fsp3) is 0.310. The minimum atomic E-state index is -0.126. The summed E-state index contributed by atoms with van der Waals surface area (Å²) in [4.78, 5) is 27.4. The number of carbonyl (C=O) groups excluding carboxylic acids is 2. The highest BCUT2D eigenvalue weighted by molar-refractivity contribution is 8.00. The Hall–Kier alpha value is -3.05. The van der Waals surface area contributed by atoms with Gasteiger partial charge in [-0.3, -0.25) is 14.5 Å². The van der Waals surface area contributed by atoms with E-state index in [0.29, 0.717) is 11.3 Å². The Labute approximate surface area is 205 Å². The van der Waals surface area contributed by atoms with E-state index in [1.807, 2.05) is 53.4 Å². The zero-order valence-corrected chi connectivity index (χ0v) is 20.7. The Morgan fingerprint density at radius 2 is 1.65 bits per heavy atom. The lowest BCUT2D eigenvalue weighted by Gasteiger charge is -2.25. The van der Waals surface area contributed by atoms with Crippen LogP contribution < -0.4 is 10.2 Å². The first-order chi connectivity index (χ1) is 16.3. The van der Waals surface area contributed by atoms with Crippen LogP contribution in [0.5, 0.6) is 0 Å². The molecule has 1 saturated heterocycles. The predicted molar refractivity (Wildman–Crippen MR) is 141 cm³/mol. The normalized spacial score (nSPS) is 17.7. The molecule has 0 aromatic heterocycles. The lowest BCUT2D eigenvalue weighted by atomic mass is 9.87. The molecule has 3 aromatic carbocycles. The fourth-order valence-corrected chi connectivity index (χ4v) is 5.89. The average molecular weight is 471 g/mol. The Balaban J connectivity index is 1.30. The summed E-state index contributed by atoms with van der Waals surface area (Å²) in [6.45, 7) is 6.47. The van der Waals surface area contributed by atoms with Gasteiger partial charge in [-0.1, -0.05) is 51.1 Å². The summed E-state index contributed by atoms with van der Waals surface area (Å²) >= 11 is 1.65. The van der Waals surface area contributed by atoms with Crippen LogP contribution in [0.25, 0.3) is 0 Å².